The first kappa shape index (κ1) is 16.0. The molecule has 1 saturated heterocycles. The van der Waals surface area contributed by atoms with Gasteiger partial charge in [-0.15, -0.1) is 0 Å². The summed E-state index contributed by atoms with van der Waals surface area (Å²) in [6.07, 6.45) is 3.62. The van der Waals surface area contributed by atoms with Crippen molar-refractivity contribution in [2.45, 2.75) is 31.8 Å². The fourth-order valence-electron chi connectivity index (χ4n) is 3.00. The van der Waals surface area contributed by atoms with Crippen LogP contribution in [0.4, 0.5) is 0 Å². The second-order valence-corrected chi connectivity index (χ2v) is 5.82. The summed E-state index contributed by atoms with van der Waals surface area (Å²) in [5.41, 5.74) is 0.924. The number of rotatable bonds is 6. The van der Waals surface area contributed by atoms with Gasteiger partial charge in [0.1, 0.15) is 5.75 Å². The van der Waals surface area contributed by atoms with Gasteiger partial charge in [0, 0.05) is 18.7 Å². The van der Waals surface area contributed by atoms with Gasteiger partial charge in [-0.05, 0) is 43.7 Å². The average Bonchev–Trinajstić information content (AvgIpc) is 3.05. The quantitative estimate of drug-likeness (QED) is 0.816. The molecule has 1 aromatic carbocycles. The van der Waals surface area contributed by atoms with Gasteiger partial charge in [0.05, 0.1) is 20.3 Å². The van der Waals surface area contributed by atoms with Gasteiger partial charge in [-0.1, -0.05) is 11.6 Å². The van der Waals surface area contributed by atoms with Crippen LogP contribution < -0.4 is 4.74 Å². The van der Waals surface area contributed by atoms with Gasteiger partial charge in [-0.2, -0.15) is 4.98 Å². The Morgan fingerprint density at radius 1 is 1.22 bits per heavy atom. The molecule has 0 N–H and O–H groups in total. The minimum absolute atomic E-state index is 0.435. The summed E-state index contributed by atoms with van der Waals surface area (Å²) in [6, 6.07) is 8.09. The van der Waals surface area contributed by atoms with E-state index in [2.05, 4.69) is 15.0 Å². The van der Waals surface area contributed by atoms with E-state index >= 15 is 0 Å². The Labute approximate surface area is 136 Å². The first-order valence-corrected chi connectivity index (χ1v) is 8.00. The van der Waals surface area contributed by atoms with Gasteiger partial charge in [0.25, 0.3) is 0 Å². The standard InChI is InChI=1S/C17H23N3O3/c1-21-12-14-5-3-4-10-20(14)11-16-18-17(19-23-16)13-6-8-15(22-2)9-7-13/h6-9,14H,3-5,10-12H2,1-2H3. The predicted octanol–water partition coefficient (Wildman–Crippen LogP) is 2.75. The molecule has 2 heterocycles. The Morgan fingerprint density at radius 3 is 2.78 bits per heavy atom. The molecule has 0 radical (unpaired) electrons. The lowest BCUT2D eigenvalue weighted by atomic mass is 10.0. The first-order chi connectivity index (χ1) is 11.3. The summed E-state index contributed by atoms with van der Waals surface area (Å²) < 4.78 is 15.9. The van der Waals surface area contributed by atoms with Crippen molar-refractivity contribution in [3.8, 4) is 17.1 Å². The molecule has 0 bridgehead atoms. The van der Waals surface area contributed by atoms with E-state index in [9.17, 15) is 0 Å². The highest BCUT2D eigenvalue weighted by Crippen LogP contribution is 2.22. The van der Waals surface area contributed by atoms with Crippen LogP contribution in [0.2, 0.25) is 0 Å². The third-order valence-corrected chi connectivity index (χ3v) is 4.26. The lowest BCUT2D eigenvalue weighted by Gasteiger charge is -2.34. The first-order valence-electron chi connectivity index (χ1n) is 8.00. The largest absolute Gasteiger partial charge is 0.497 e. The lowest BCUT2D eigenvalue weighted by Crippen LogP contribution is -2.41. The summed E-state index contributed by atoms with van der Waals surface area (Å²) in [6.45, 7) is 2.48. The van der Waals surface area contributed by atoms with E-state index in [0.717, 1.165) is 30.9 Å². The van der Waals surface area contributed by atoms with Crippen molar-refractivity contribution in [1.82, 2.24) is 15.0 Å². The molecule has 1 aliphatic rings. The average molecular weight is 317 g/mol. The van der Waals surface area contributed by atoms with E-state index in [1.807, 2.05) is 24.3 Å². The highest BCUT2D eigenvalue weighted by atomic mass is 16.5. The third-order valence-electron chi connectivity index (χ3n) is 4.26. The molecule has 1 aromatic heterocycles. The topological polar surface area (TPSA) is 60.6 Å². The predicted molar refractivity (Wildman–Crippen MR) is 86.2 cm³/mol. The summed E-state index contributed by atoms with van der Waals surface area (Å²) >= 11 is 0. The molecule has 6 heteroatoms. The zero-order chi connectivity index (χ0) is 16.1. The fourth-order valence-corrected chi connectivity index (χ4v) is 3.00. The van der Waals surface area contributed by atoms with Crippen molar-refractivity contribution in [2.75, 3.05) is 27.4 Å². The maximum Gasteiger partial charge on any atom is 0.241 e. The molecule has 3 rings (SSSR count). The minimum Gasteiger partial charge on any atom is -0.497 e. The molecule has 0 spiro atoms. The fraction of sp³-hybridized carbons (Fsp3) is 0.529. The van der Waals surface area contributed by atoms with Gasteiger partial charge in [0.2, 0.25) is 11.7 Å². The number of hydrogen-bond acceptors (Lipinski definition) is 6. The van der Waals surface area contributed by atoms with Crippen LogP contribution in [0.1, 0.15) is 25.2 Å². The molecule has 2 aromatic rings. The highest BCUT2D eigenvalue weighted by molar-refractivity contribution is 5.55. The van der Waals surface area contributed by atoms with Gasteiger partial charge in [-0.3, -0.25) is 4.90 Å². The van der Waals surface area contributed by atoms with Crippen LogP contribution >= 0.6 is 0 Å². The lowest BCUT2D eigenvalue weighted by molar-refractivity contribution is 0.0532. The number of likely N-dealkylation sites (tertiary alicyclic amines) is 1. The highest BCUT2D eigenvalue weighted by Gasteiger charge is 2.24. The molecule has 0 aliphatic carbocycles. The molecule has 1 unspecified atom stereocenters. The summed E-state index contributed by atoms with van der Waals surface area (Å²) in [5.74, 6) is 2.08. The molecule has 1 atom stereocenters. The van der Waals surface area contributed by atoms with Crippen molar-refractivity contribution in [1.29, 1.82) is 0 Å². The SMILES string of the molecule is COCC1CCCCN1Cc1nc(-c2ccc(OC)cc2)no1. The molecular weight excluding hydrogens is 294 g/mol. The normalized spacial score (nSPS) is 19.0. The molecule has 6 nitrogen and oxygen atoms in total. The number of methoxy groups -OCH3 is 2. The van der Waals surface area contributed by atoms with E-state index in [-0.39, 0.29) is 0 Å². The monoisotopic (exact) mass is 317 g/mol. The second-order valence-electron chi connectivity index (χ2n) is 5.82. The van der Waals surface area contributed by atoms with Crippen LogP contribution in [0.15, 0.2) is 28.8 Å². The Morgan fingerprint density at radius 2 is 2.04 bits per heavy atom. The smallest absolute Gasteiger partial charge is 0.241 e. The van der Waals surface area contributed by atoms with Crippen LogP contribution in [0.25, 0.3) is 11.4 Å². The van der Waals surface area contributed by atoms with Crippen molar-refractivity contribution in [2.24, 2.45) is 0 Å². The zero-order valence-corrected chi connectivity index (χ0v) is 13.7. The third kappa shape index (κ3) is 3.89. The van der Waals surface area contributed by atoms with E-state index in [0.29, 0.717) is 24.3 Å². The Hall–Kier alpha value is -1.92. The van der Waals surface area contributed by atoms with Crippen molar-refractivity contribution in [3.63, 3.8) is 0 Å². The maximum atomic E-state index is 5.43. The maximum absolute atomic E-state index is 5.43. The summed E-state index contributed by atoms with van der Waals surface area (Å²) in [4.78, 5) is 6.90. The number of hydrogen-bond donors (Lipinski definition) is 0. The number of nitrogens with zero attached hydrogens (tertiary/aromatic N) is 3. The van der Waals surface area contributed by atoms with Crippen LogP contribution in [0.5, 0.6) is 5.75 Å². The van der Waals surface area contributed by atoms with Crippen LogP contribution in [-0.2, 0) is 11.3 Å². The molecule has 0 amide bonds. The van der Waals surface area contributed by atoms with Crippen molar-refractivity contribution < 1.29 is 14.0 Å². The van der Waals surface area contributed by atoms with Crippen LogP contribution in [0, 0.1) is 0 Å². The Bertz CT molecular complexity index is 610. The van der Waals surface area contributed by atoms with E-state index < -0.39 is 0 Å². The van der Waals surface area contributed by atoms with Gasteiger partial charge in [-0.25, -0.2) is 0 Å². The zero-order valence-electron chi connectivity index (χ0n) is 13.7. The van der Waals surface area contributed by atoms with Gasteiger partial charge < -0.3 is 14.0 Å². The Balaban J connectivity index is 1.68. The molecule has 23 heavy (non-hydrogen) atoms. The second kappa shape index (κ2) is 7.57. The number of piperidine rings is 1. The minimum atomic E-state index is 0.435. The molecule has 124 valence electrons. The summed E-state index contributed by atoms with van der Waals surface area (Å²) in [7, 11) is 3.40. The number of benzene rings is 1. The van der Waals surface area contributed by atoms with E-state index in [1.165, 1.54) is 12.8 Å². The molecular formula is C17H23N3O3. The van der Waals surface area contributed by atoms with Crippen LogP contribution in [-0.4, -0.2) is 48.5 Å². The summed E-state index contributed by atoms with van der Waals surface area (Å²) in [5, 5.41) is 4.09. The van der Waals surface area contributed by atoms with Gasteiger partial charge in [0.15, 0.2) is 0 Å². The van der Waals surface area contributed by atoms with E-state index in [1.54, 1.807) is 14.2 Å². The molecule has 0 saturated carbocycles. The molecule has 1 aliphatic heterocycles. The van der Waals surface area contributed by atoms with Crippen LogP contribution in [0.3, 0.4) is 0 Å². The Kier molecular flexibility index (Phi) is 5.25. The number of aromatic nitrogens is 2. The van der Waals surface area contributed by atoms with Crippen molar-refractivity contribution >= 4 is 0 Å². The van der Waals surface area contributed by atoms with E-state index in [4.69, 9.17) is 14.0 Å². The number of ether oxygens (including phenoxy) is 2. The van der Waals surface area contributed by atoms with Crippen molar-refractivity contribution in [3.05, 3.63) is 30.2 Å². The van der Waals surface area contributed by atoms with Gasteiger partial charge >= 0.3 is 0 Å². The molecule has 1 fully saturated rings.